The molecule has 4 aromatic rings. The highest BCUT2D eigenvalue weighted by molar-refractivity contribution is 6.33. The summed E-state index contributed by atoms with van der Waals surface area (Å²) in [5.74, 6) is -0.890. The van der Waals surface area contributed by atoms with Crippen molar-refractivity contribution < 1.29 is 27.9 Å². The first-order chi connectivity index (χ1) is 23.2. The number of aromatic nitrogens is 5. The molecule has 0 radical (unpaired) electrons. The molecule has 3 aliphatic rings. The van der Waals surface area contributed by atoms with Crippen LogP contribution >= 0.6 is 11.6 Å². The highest BCUT2D eigenvalue weighted by Gasteiger charge is 2.44. The lowest BCUT2D eigenvalue weighted by Gasteiger charge is -2.52. The number of hydrogen-bond donors (Lipinski definition) is 2. The van der Waals surface area contributed by atoms with E-state index in [1.54, 1.807) is 35.4 Å². The Kier molecular flexibility index (Phi) is 8.85. The molecule has 13 nitrogen and oxygen atoms in total. The minimum Gasteiger partial charge on any atom is -0.504 e. The molecule has 7 rings (SSSR count). The van der Waals surface area contributed by atoms with Crippen molar-refractivity contribution in [1.82, 2.24) is 29.4 Å². The van der Waals surface area contributed by atoms with Gasteiger partial charge in [-0.05, 0) is 44.4 Å². The Morgan fingerprint density at radius 2 is 1.86 bits per heavy atom. The Hall–Kier alpha value is -4.99. The quantitative estimate of drug-likeness (QED) is 0.290. The van der Waals surface area contributed by atoms with Crippen LogP contribution < -0.4 is 20.5 Å². The number of amides is 2. The molecule has 3 saturated heterocycles. The third-order valence-corrected chi connectivity index (χ3v) is 9.29. The summed E-state index contributed by atoms with van der Waals surface area (Å²) in [4.78, 5) is 63.8. The summed E-state index contributed by atoms with van der Waals surface area (Å²) in [6, 6.07) is 2.08. The molecular weight excluding hydrogens is 667 g/mol. The van der Waals surface area contributed by atoms with Crippen LogP contribution in [0.5, 0.6) is 5.75 Å². The number of alkyl halides is 3. The number of hydrogen-bond acceptors (Lipinski definition) is 10. The van der Waals surface area contributed by atoms with Crippen LogP contribution in [0.25, 0.3) is 11.2 Å². The lowest BCUT2D eigenvalue weighted by atomic mass is 9.89. The summed E-state index contributed by atoms with van der Waals surface area (Å²) < 4.78 is 41.1. The van der Waals surface area contributed by atoms with Gasteiger partial charge in [-0.3, -0.25) is 14.4 Å². The van der Waals surface area contributed by atoms with Gasteiger partial charge in [-0.15, -0.1) is 0 Å². The molecule has 1 aromatic carbocycles. The number of benzene rings is 1. The van der Waals surface area contributed by atoms with Crippen LogP contribution in [0.3, 0.4) is 0 Å². The minimum atomic E-state index is -4.60. The summed E-state index contributed by atoms with van der Waals surface area (Å²) in [7, 11) is 3.51. The van der Waals surface area contributed by atoms with E-state index in [1.165, 1.54) is 12.5 Å². The maximum absolute atomic E-state index is 14.3. The first-order valence-electron chi connectivity index (χ1n) is 15.5. The van der Waals surface area contributed by atoms with Crippen molar-refractivity contribution >= 4 is 51.8 Å². The smallest absolute Gasteiger partial charge is 0.416 e. The van der Waals surface area contributed by atoms with Gasteiger partial charge in [-0.25, -0.2) is 19.9 Å². The number of carbonyl (C=O) groups excluding carboxylic acids is 2. The predicted molar refractivity (Wildman–Crippen MR) is 176 cm³/mol. The topological polar surface area (TPSA) is 150 Å². The van der Waals surface area contributed by atoms with Crippen molar-refractivity contribution in [1.29, 1.82) is 0 Å². The van der Waals surface area contributed by atoms with Crippen molar-refractivity contribution in [3.63, 3.8) is 0 Å². The number of piperazine rings is 1. The molecule has 2 amide bonds. The molecule has 3 fully saturated rings. The van der Waals surface area contributed by atoms with E-state index in [4.69, 9.17) is 11.6 Å². The molecule has 6 heterocycles. The highest BCUT2D eigenvalue weighted by Crippen LogP contribution is 2.37. The Morgan fingerprint density at radius 1 is 1.12 bits per heavy atom. The van der Waals surface area contributed by atoms with E-state index >= 15 is 0 Å². The maximum atomic E-state index is 14.3. The Labute approximate surface area is 283 Å². The third kappa shape index (κ3) is 6.20. The van der Waals surface area contributed by atoms with Gasteiger partial charge in [0, 0.05) is 45.0 Å². The number of rotatable bonds is 7. The SMILES string of the molecule is CCc1c(N2C[C@H]3CC[C@@H]2CN3C(=O)c2ncnc(C)c2O)c(=O)c2nc(N(C)C)cnc2n1CC(=O)Nc1ccc(C(F)(F)F)cc1Cl. The minimum absolute atomic E-state index is 0.00714. The second-order valence-corrected chi connectivity index (χ2v) is 12.7. The van der Waals surface area contributed by atoms with Crippen molar-refractivity contribution in [2.24, 2.45) is 0 Å². The predicted octanol–water partition coefficient (Wildman–Crippen LogP) is 4.03. The largest absolute Gasteiger partial charge is 0.504 e. The number of nitrogens with one attached hydrogen (secondary N) is 1. The number of carbonyl (C=O) groups is 2. The van der Waals surface area contributed by atoms with E-state index < -0.39 is 23.6 Å². The van der Waals surface area contributed by atoms with Crippen LogP contribution in [-0.4, -0.2) is 85.6 Å². The first kappa shape index (κ1) is 33.9. The number of piperidine rings is 2. The second-order valence-electron chi connectivity index (χ2n) is 12.3. The fraction of sp³-hybridized carbons (Fsp3) is 0.406. The lowest BCUT2D eigenvalue weighted by Crippen LogP contribution is -2.65. The normalized spacial score (nSPS) is 17.5. The van der Waals surface area contributed by atoms with Gasteiger partial charge in [0.15, 0.2) is 22.6 Å². The van der Waals surface area contributed by atoms with Crippen LogP contribution in [0.2, 0.25) is 5.02 Å². The fourth-order valence-corrected chi connectivity index (χ4v) is 6.73. The van der Waals surface area contributed by atoms with E-state index in [-0.39, 0.29) is 69.6 Å². The van der Waals surface area contributed by atoms with Crippen LogP contribution in [-0.2, 0) is 23.9 Å². The van der Waals surface area contributed by atoms with Crippen LogP contribution in [0, 0.1) is 6.92 Å². The number of anilines is 3. The second kappa shape index (κ2) is 12.8. The number of fused-ring (bicyclic) bond motifs is 4. The molecule has 0 saturated carbocycles. The molecule has 0 aliphatic carbocycles. The van der Waals surface area contributed by atoms with Gasteiger partial charge in [0.05, 0.1) is 28.2 Å². The summed E-state index contributed by atoms with van der Waals surface area (Å²) in [5.41, 5.74) is -0.0865. The Morgan fingerprint density at radius 3 is 2.49 bits per heavy atom. The fourth-order valence-electron chi connectivity index (χ4n) is 6.50. The van der Waals surface area contributed by atoms with Crippen molar-refractivity contribution in [2.45, 2.75) is 57.9 Å². The van der Waals surface area contributed by atoms with Gasteiger partial charge >= 0.3 is 6.18 Å². The zero-order chi connectivity index (χ0) is 35.4. The van der Waals surface area contributed by atoms with Crippen molar-refractivity contribution in [2.75, 3.05) is 42.3 Å². The summed E-state index contributed by atoms with van der Waals surface area (Å²) in [6.45, 7) is 3.65. The summed E-state index contributed by atoms with van der Waals surface area (Å²) >= 11 is 6.11. The van der Waals surface area contributed by atoms with Crippen LogP contribution in [0.1, 0.15) is 47.2 Å². The number of nitrogens with zero attached hydrogens (tertiary/aromatic N) is 8. The highest BCUT2D eigenvalue weighted by atomic mass is 35.5. The molecule has 3 aromatic heterocycles. The van der Waals surface area contributed by atoms with Gasteiger partial charge in [-0.2, -0.15) is 13.2 Å². The molecular formula is C32H33ClF3N9O4. The number of pyridine rings is 1. The average Bonchev–Trinajstić information content (AvgIpc) is 3.07. The zero-order valence-corrected chi connectivity index (χ0v) is 27.8. The summed E-state index contributed by atoms with van der Waals surface area (Å²) in [6.07, 6.45) is -0.226. The third-order valence-electron chi connectivity index (χ3n) is 8.98. The molecule has 2 bridgehead atoms. The molecule has 258 valence electrons. The van der Waals surface area contributed by atoms with Crippen LogP contribution in [0.15, 0.2) is 35.5 Å². The van der Waals surface area contributed by atoms with Crippen LogP contribution in [0.4, 0.5) is 30.4 Å². The Balaban J connectivity index is 1.38. The number of aryl methyl sites for hydroxylation is 1. The molecule has 49 heavy (non-hydrogen) atoms. The van der Waals surface area contributed by atoms with Crippen molar-refractivity contribution in [3.05, 3.63) is 68.6 Å². The monoisotopic (exact) mass is 699 g/mol. The van der Waals surface area contributed by atoms with Gasteiger partial charge in [0.1, 0.15) is 24.4 Å². The van der Waals surface area contributed by atoms with Gasteiger partial charge in [0.2, 0.25) is 11.3 Å². The molecule has 0 unspecified atom stereocenters. The van der Waals surface area contributed by atoms with Gasteiger partial charge in [0.25, 0.3) is 5.91 Å². The Bertz CT molecular complexity index is 2040. The van der Waals surface area contributed by atoms with E-state index in [9.17, 15) is 32.7 Å². The summed E-state index contributed by atoms with van der Waals surface area (Å²) in [5, 5.41) is 12.8. The van der Waals surface area contributed by atoms with E-state index in [0.29, 0.717) is 43.0 Å². The standard InChI is InChI=1S/C32H33ClF3N9O4/c1-5-22-27(43-12-19-8-7-18(43)13-44(19)31(49)26-28(47)16(2)38-15-39-26)29(48)25-30(37-11-23(41-25)42(3)4)45(22)14-24(46)40-21-9-6-17(10-20(21)33)32(34,35)36/h6,9-11,15,18-19,47H,5,7-8,12-14H2,1-4H3,(H,40,46)/t18-,19-/m1/s1. The van der Waals surface area contributed by atoms with Gasteiger partial charge < -0.3 is 29.7 Å². The first-order valence-corrected chi connectivity index (χ1v) is 15.9. The average molecular weight is 700 g/mol. The zero-order valence-electron chi connectivity index (χ0n) is 27.0. The molecule has 2 N–H and O–H groups in total. The van der Waals surface area contributed by atoms with Gasteiger partial charge in [-0.1, -0.05) is 18.5 Å². The number of halogens is 4. The molecule has 17 heteroatoms. The maximum Gasteiger partial charge on any atom is 0.416 e. The molecule has 0 spiro atoms. The van der Waals surface area contributed by atoms with Crippen molar-refractivity contribution in [3.8, 4) is 5.75 Å². The van der Waals surface area contributed by atoms with E-state index in [1.807, 2.05) is 11.8 Å². The lowest BCUT2D eigenvalue weighted by molar-refractivity contribution is -0.137. The number of aromatic hydroxyl groups is 1. The molecule has 2 atom stereocenters. The molecule has 3 aliphatic heterocycles. The van der Waals surface area contributed by atoms with E-state index in [2.05, 4.69) is 25.3 Å². The van der Waals surface area contributed by atoms with E-state index in [0.717, 1.165) is 18.2 Å².